The number of amides is 3. The van der Waals surface area contributed by atoms with Crippen molar-refractivity contribution < 1.29 is 45.8 Å². The van der Waals surface area contributed by atoms with Gasteiger partial charge in [0.2, 0.25) is 0 Å². The van der Waals surface area contributed by atoms with E-state index in [1.54, 1.807) is 34.7 Å². The average Bonchev–Trinajstić information content (AvgIpc) is 3.03. The Bertz CT molecular complexity index is 1030. The molecule has 1 aromatic rings. The largest absolute Gasteiger partial charge is 0.493 e. The van der Waals surface area contributed by atoms with Crippen LogP contribution in [0.4, 0.5) is 31.1 Å². The summed E-state index contributed by atoms with van der Waals surface area (Å²) in [5, 5.41) is 9.97. The van der Waals surface area contributed by atoms with Gasteiger partial charge in [0.1, 0.15) is 11.3 Å². The van der Waals surface area contributed by atoms with Gasteiger partial charge in [-0.05, 0) is 62.8 Å². The molecule has 0 spiro atoms. The lowest BCUT2D eigenvalue weighted by atomic mass is 9.87. The van der Waals surface area contributed by atoms with Gasteiger partial charge in [0, 0.05) is 19.2 Å². The molecule has 1 heterocycles. The second-order valence-electron chi connectivity index (χ2n) is 11.5. The molecule has 0 aromatic heterocycles. The summed E-state index contributed by atoms with van der Waals surface area (Å²) in [6, 6.07) is 1.28. The van der Waals surface area contributed by atoms with E-state index in [-0.39, 0.29) is 42.5 Å². The van der Waals surface area contributed by atoms with Crippen LogP contribution >= 0.6 is 0 Å². The van der Waals surface area contributed by atoms with Gasteiger partial charge in [0.25, 0.3) is 11.5 Å². The molecule has 0 atom stereocenters. The number of aryl methyl sites for hydroxylation is 2. The number of likely N-dealkylation sites (N-methyl/N-ethyl adjacent to an activating group) is 1. The van der Waals surface area contributed by atoms with Crippen molar-refractivity contribution in [3.63, 3.8) is 0 Å². The van der Waals surface area contributed by atoms with Crippen molar-refractivity contribution in [2.24, 2.45) is 0 Å². The van der Waals surface area contributed by atoms with Crippen LogP contribution in [0.1, 0.15) is 102 Å². The Morgan fingerprint density at radius 2 is 1.26 bits per heavy atom. The van der Waals surface area contributed by atoms with Crippen molar-refractivity contribution in [3.05, 3.63) is 28.8 Å². The number of ether oxygens (including phenoxy) is 1. The van der Waals surface area contributed by atoms with E-state index < -0.39 is 29.1 Å². The third kappa shape index (κ3) is 7.71. The fourth-order valence-corrected chi connectivity index (χ4v) is 5.15. The summed E-state index contributed by atoms with van der Waals surface area (Å²) in [5.41, 5.74) is -6.61. The summed E-state index contributed by atoms with van der Waals surface area (Å²) in [5.74, 6) is 0.110. The first-order valence-corrected chi connectivity index (χ1v) is 14.7. The molecule has 1 fully saturated rings. The molecule has 0 aliphatic carbocycles. The Labute approximate surface area is 244 Å². The molecule has 1 saturated heterocycles. The topological polar surface area (TPSA) is 70.1 Å². The number of imide groups is 1. The zero-order valence-electron chi connectivity index (χ0n) is 25.2. The number of carbonyl (C=O) groups excluding carboxylic acids is 2. The number of benzene rings is 1. The van der Waals surface area contributed by atoms with Crippen LogP contribution in [0, 0.1) is 0 Å². The van der Waals surface area contributed by atoms with Gasteiger partial charge < -0.3 is 14.7 Å². The predicted octanol–water partition coefficient (Wildman–Crippen LogP) is 7.69. The van der Waals surface area contributed by atoms with Gasteiger partial charge in [-0.1, -0.05) is 58.8 Å². The van der Waals surface area contributed by atoms with Crippen molar-refractivity contribution >= 4 is 11.9 Å². The maximum absolute atomic E-state index is 13.6. The van der Waals surface area contributed by atoms with Crippen molar-refractivity contribution in [1.29, 1.82) is 0 Å². The highest BCUT2D eigenvalue weighted by atomic mass is 19.4. The molecule has 1 aliphatic rings. The van der Waals surface area contributed by atoms with Gasteiger partial charge in [0.05, 0.1) is 6.61 Å². The molecule has 0 bridgehead atoms. The van der Waals surface area contributed by atoms with Crippen LogP contribution in [-0.4, -0.2) is 64.9 Å². The van der Waals surface area contributed by atoms with Gasteiger partial charge in [-0.25, -0.2) is 4.79 Å². The third-order valence-electron chi connectivity index (χ3n) is 7.92. The lowest BCUT2D eigenvalue weighted by Gasteiger charge is -2.33. The number of hydrogen-bond acceptors (Lipinski definition) is 4. The zero-order chi connectivity index (χ0) is 31.9. The van der Waals surface area contributed by atoms with Crippen LogP contribution in [0.15, 0.2) is 12.1 Å². The first-order chi connectivity index (χ1) is 19.4. The Hall–Kier alpha value is -2.50. The van der Waals surface area contributed by atoms with Crippen molar-refractivity contribution in [3.8, 4) is 5.75 Å². The number of urea groups is 1. The third-order valence-corrected chi connectivity index (χ3v) is 7.92. The van der Waals surface area contributed by atoms with Gasteiger partial charge in [-0.2, -0.15) is 26.3 Å². The van der Waals surface area contributed by atoms with Crippen molar-refractivity contribution in [2.45, 2.75) is 122 Å². The lowest BCUT2D eigenvalue weighted by Crippen LogP contribution is -2.54. The maximum Gasteiger partial charge on any atom is 0.430 e. The monoisotopic (exact) mass is 610 g/mol. The molecule has 240 valence electrons. The summed E-state index contributed by atoms with van der Waals surface area (Å²) in [6.07, 6.45) is -4.69. The smallest absolute Gasteiger partial charge is 0.430 e. The van der Waals surface area contributed by atoms with Crippen LogP contribution in [0.3, 0.4) is 0 Å². The molecule has 2 rings (SSSR count). The molecule has 3 amide bonds. The highest BCUT2D eigenvalue weighted by Crippen LogP contribution is 2.51. The number of rotatable bonds is 16. The average molecular weight is 611 g/mol. The molecule has 1 aromatic carbocycles. The number of alkyl halides is 6. The second kappa shape index (κ2) is 14.3. The fourth-order valence-electron chi connectivity index (χ4n) is 5.15. The van der Waals surface area contributed by atoms with E-state index >= 15 is 0 Å². The minimum atomic E-state index is -5.95. The van der Waals surface area contributed by atoms with Crippen LogP contribution in [0.5, 0.6) is 5.75 Å². The minimum Gasteiger partial charge on any atom is -0.493 e. The first-order valence-electron chi connectivity index (χ1n) is 14.7. The highest BCUT2D eigenvalue weighted by molar-refractivity contribution is 6.06. The molecule has 1 N–H and O–H groups in total. The van der Waals surface area contributed by atoms with E-state index in [0.717, 1.165) is 50.7 Å². The van der Waals surface area contributed by atoms with Gasteiger partial charge in [-0.15, -0.1) is 0 Å². The van der Waals surface area contributed by atoms with Crippen LogP contribution in [0.25, 0.3) is 0 Å². The molecular formula is C30H44F6N2O4. The van der Waals surface area contributed by atoms with Crippen molar-refractivity contribution in [1.82, 2.24) is 9.80 Å². The molecule has 6 nitrogen and oxygen atoms in total. The summed E-state index contributed by atoms with van der Waals surface area (Å²) >= 11 is 0. The first kappa shape index (κ1) is 35.7. The normalized spacial score (nSPS) is 16.1. The molecule has 1 aliphatic heterocycles. The molecule has 42 heavy (non-hydrogen) atoms. The van der Waals surface area contributed by atoms with E-state index in [0.29, 0.717) is 31.6 Å². The van der Waals surface area contributed by atoms with E-state index in [9.17, 15) is 41.0 Å². The predicted molar refractivity (Wildman–Crippen MR) is 147 cm³/mol. The Balaban J connectivity index is 1.92. The molecule has 0 radical (unpaired) electrons. The number of carbonyl (C=O) groups is 2. The number of hydrogen-bond donors (Lipinski definition) is 1. The summed E-state index contributed by atoms with van der Waals surface area (Å²) in [4.78, 5) is 27.4. The Morgan fingerprint density at radius 1 is 0.810 bits per heavy atom. The van der Waals surface area contributed by atoms with Crippen LogP contribution in [-0.2, 0) is 23.2 Å². The second-order valence-corrected chi connectivity index (χ2v) is 11.5. The fraction of sp³-hybridized carbons (Fsp3) is 0.733. The molecular weight excluding hydrogens is 566 g/mol. The van der Waals surface area contributed by atoms with E-state index in [2.05, 4.69) is 0 Å². The number of aliphatic hydroxyl groups is 1. The van der Waals surface area contributed by atoms with Gasteiger partial charge in [-0.3, -0.25) is 9.69 Å². The number of nitrogens with zero attached hydrogens (tertiary/aromatic N) is 2. The van der Waals surface area contributed by atoms with E-state index in [1.807, 2.05) is 0 Å². The molecule has 0 unspecified atom stereocenters. The summed E-state index contributed by atoms with van der Waals surface area (Å²) < 4.78 is 87.3. The maximum atomic E-state index is 13.6. The van der Waals surface area contributed by atoms with Crippen molar-refractivity contribution in [2.75, 3.05) is 20.2 Å². The Morgan fingerprint density at radius 3 is 1.67 bits per heavy atom. The Kier molecular flexibility index (Phi) is 12.2. The van der Waals surface area contributed by atoms with E-state index in [1.165, 1.54) is 9.80 Å². The standard InChI is InChI=1S/C30H44F6N2O4/c1-6-15-21-19-23(28(41,29(31,32)33)30(34,35)36)20-22(16-7-2)24(21)42-18-14-12-10-8-9-11-13-17-38-25(39)27(3,4)37(5)26(38)40/h19-20,41H,6-18H2,1-5H3. The SMILES string of the molecule is CCCc1cc(C(O)(C(F)(F)F)C(F)(F)F)cc(CCC)c1OCCCCCCCCCN1C(=O)N(C)C(C)(C)C1=O. The highest BCUT2D eigenvalue weighted by Gasteiger charge is 2.71. The molecule has 0 saturated carbocycles. The lowest BCUT2D eigenvalue weighted by molar-refractivity contribution is -0.376. The van der Waals surface area contributed by atoms with E-state index in [4.69, 9.17) is 4.74 Å². The summed E-state index contributed by atoms with van der Waals surface area (Å²) in [7, 11) is 1.62. The van der Waals surface area contributed by atoms with Crippen LogP contribution in [0.2, 0.25) is 0 Å². The van der Waals surface area contributed by atoms with Gasteiger partial charge in [0.15, 0.2) is 0 Å². The quantitative estimate of drug-likeness (QED) is 0.118. The minimum absolute atomic E-state index is 0.190. The van der Waals surface area contributed by atoms with Gasteiger partial charge >= 0.3 is 18.4 Å². The molecule has 12 heteroatoms. The zero-order valence-corrected chi connectivity index (χ0v) is 25.2. The summed E-state index contributed by atoms with van der Waals surface area (Å²) in [6.45, 7) is 7.62. The number of halogens is 6. The van der Waals surface area contributed by atoms with Crippen LogP contribution < -0.4 is 4.74 Å². The number of unbranched alkanes of at least 4 members (excludes halogenated alkanes) is 6.